The molecule has 3 heterocycles. The van der Waals surface area contributed by atoms with Gasteiger partial charge in [-0.25, -0.2) is 29.0 Å². The molecule has 6 rings (SSSR count). The molecule has 234 valence electrons. The highest BCUT2D eigenvalue weighted by molar-refractivity contribution is 5.91. The molecule has 2 aromatic heterocycles. The SMILES string of the molecule is CC(C)c1nn([C@@H]2O[C@H](COC(=O)c3ccccc3)[C@@H](OC(=O)c3ccccc3)[C@H]2OC(=O)c2ccccc2)c2ncnc(N)c12. The summed E-state index contributed by atoms with van der Waals surface area (Å²) in [5.41, 5.74) is 8.06. The Balaban J connectivity index is 1.42. The number of fused-ring (bicyclic) bond motifs is 1. The van der Waals surface area contributed by atoms with Crippen LogP contribution in [0.15, 0.2) is 97.3 Å². The third-order valence-electron chi connectivity index (χ3n) is 7.51. The number of hydrogen-bond acceptors (Lipinski definition) is 11. The van der Waals surface area contributed by atoms with E-state index in [9.17, 15) is 14.4 Å². The van der Waals surface area contributed by atoms with Gasteiger partial charge < -0.3 is 24.7 Å². The zero-order chi connectivity index (χ0) is 32.2. The minimum Gasteiger partial charge on any atom is -0.459 e. The van der Waals surface area contributed by atoms with E-state index < -0.39 is 42.4 Å². The number of ether oxygens (including phenoxy) is 4. The fraction of sp³-hybridized carbons (Fsp3) is 0.235. The number of nitrogens with two attached hydrogens (primary N) is 1. The summed E-state index contributed by atoms with van der Waals surface area (Å²) in [6, 6.07) is 25.2. The van der Waals surface area contributed by atoms with Crippen molar-refractivity contribution in [2.24, 2.45) is 0 Å². The normalized spacial score (nSPS) is 19.2. The fourth-order valence-corrected chi connectivity index (χ4v) is 5.26. The lowest BCUT2D eigenvalue weighted by atomic mass is 10.1. The van der Waals surface area contributed by atoms with E-state index in [-0.39, 0.29) is 29.5 Å². The standard InChI is InChI=1S/C34H31N5O7/c1-20(2)26-25-29(35)36-19-37-30(25)39(38-26)31-28(46-34(42)23-16-10-5-11-17-23)27(45-33(41)22-14-8-4-9-15-22)24(44-31)18-43-32(40)21-12-6-3-7-13-21/h3-17,19-20,24,27-28,31H,18H2,1-2H3,(H2,35,36,37)/t24-,27-,28-,31-/m1/s1. The Morgan fingerprint density at radius 3 is 1.85 bits per heavy atom. The molecular weight excluding hydrogens is 590 g/mol. The maximum atomic E-state index is 13.5. The Labute approximate surface area is 264 Å². The van der Waals surface area contributed by atoms with E-state index in [1.165, 1.54) is 11.0 Å². The molecule has 0 amide bonds. The van der Waals surface area contributed by atoms with Gasteiger partial charge in [-0.2, -0.15) is 5.10 Å². The third-order valence-corrected chi connectivity index (χ3v) is 7.51. The monoisotopic (exact) mass is 621 g/mol. The Morgan fingerprint density at radius 1 is 0.783 bits per heavy atom. The van der Waals surface area contributed by atoms with Crippen molar-refractivity contribution in [1.82, 2.24) is 19.7 Å². The van der Waals surface area contributed by atoms with Gasteiger partial charge in [0.15, 0.2) is 24.1 Å². The van der Waals surface area contributed by atoms with Crippen molar-refractivity contribution in [3.8, 4) is 0 Å². The maximum absolute atomic E-state index is 13.5. The highest BCUT2D eigenvalue weighted by atomic mass is 16.7. The minimum atomic E-state index is -1.25. The molecule has 0 saturated carbocycles. The highest BCUT2D eigenvalue weighted by Crippen LogP contribution is 2.38. The van der Waals surface area contributed by atoms with E-state index >= 15 is 0 Å². The molecule has 12 heteroatoms. The number of anilines is 1. The first-order valence-corrected chi connectivity index (χ1v) is 14.7. The predicted octanol–water partition coefficient (Wildman–Crippen LogP) is 4.74. The molecule has 1 aliphatic heterocycles. The summed E-state index contributed by atoms with van der Waals surface area (Å²) in [6.45, 7) is 3.55. The molecule has 1 fully saturated rings. The molecular formula is C34H31N5O7. The van der Waals surface area contributed by atoms with Gasteiger partial charge in [0.05, 0.1) is 27.8 Å². The molecule has 0 unspecified atom stereocenters. The largest absolute Gasteiger partial charge is 0.459 e. The Hall–Kier alpha value is -5.62. The summed E-state index contributed by atoms with van der Waals surface area (Å²) in [7, 11) is 0. The zero-order valence-electron chi connectivity index (χ0n) is 25.1. The van der Waals surface area contributed by atoms with Gasteiger partial charge in [-0.15, -0.1) is 0 Å². The lowest BCUT2D eigenvalue weighted by Crippen LogP contribution is -2.41. The molecule has 46 heavy (non-hydrogen) atoms. The second kappa shape index (κ2) is 13.2. The van der Waals surface area contributed by atoms with Crippen LogP contribution in [0.4, 0.5) is 5.82 Å². The van der Waals surface area contributed by atoms with Crippen LogP contribution in [-0.2, 0) is 18.9 Å². The summed E-state index contributed by atoms with van der Waals surface area (Å²) < 4.78 is 25.6. The fourth-order valence-electron chi connectivity index (χ4n) is 5.26. The Bertz CT molecular complexity index is 1850. The first-order chi connectivity index (χ1) is 22.3. The van der Waals surface area contributed by atoms with Crippen LogP contribution in [0.25, 0.3) is 11.0 Å². The predicted molar refractivity (Wildman–Crippen MR) is 166 cm³/mol. The van der Waals surface area contributed by atoms with Gasteiger partial charge in [-0.05, 0) is 42.3 Å². The average Bonchev–Trinajstić information content (AvgIpc) is 3.64. The molecule has 0 aliphatic carbocycles. The number of rotatable bonds is 9. The van der Waals surface area contributed by atoms with Crippen molar-refractivity contribution in [2.45, 2.75) is 44.3 Å². The summed E-state index contributed by atoms with van der Waals surface area (Å²) in [5, 5.41) is 5.30. The molecule has 12 nitrogen and oxygen atoms in total. The smallest absolute Gasteiger partial charge is 0.338 e. The number of benzene rings is 3. The summed E-state index contributed by atoms with van der Waals surface area (Å²) in [4.78, 5) is 48.4. The lowest BCUT2D eigenvalue weighted by Gasteiger charge is -2.24. The molecule has 0 bridgehead atoms. The number of hydrogen-bond donors (Lipinski definition) is 1. The highest BCUT2D eigenvalue weighted by Gasteiger charge is 2.52. The van der Waals surface area contributed by atoms with Gasteiger partial charge in [-0.1, -0.05) is 68.4 Å². The molecule has 5 aromatic rings. The van der Waals surface area contributed by atoms with E-state index in [0.29, 0.717) is 22.3 Å². The summed E-state index contributed by atoms with van der Waals surface area (Å²) in [6.07, 6.45) is -3.41. The van der Waals surface area contributed by atoms with Crippen molar-refractivity contribution in [2.75, 3.05) is 12.3 Å². The van der Waals surface area contributed by atoms with Crippen molar-refractivity contribution in [3.63, 3.8) is 0 Å². The molecule has 0 radical (unpaired) electrons. The first kappa shape index (κ1) is 30.4. The van der Waals surface area contributed by atoms with Crippen LogP contribution >= 0.6 is 0 Å². The van der Waals surface area contributed by atoms with Gasteiger partial charge in [-0.3, -0.25) is 0 Å². The van der Waals surface area contributed by atoms with Crippen LogP contribution < -0.4 is 5.73 Å². The number of nitrogens with zero attached hydrogens (tertiary/aromatic N) is 4. The Kier molecular flexibility index (Phi) is 8.70. The molecule has 4 atom stereocenters. The second-order valence-corrected chi connectivity index (χ2v) is 10.9. The van der Waals surface area contributed by atoms with E-state index in [4.69, 9.17) is 29.8 Å². The molecule has 1 saturated heterocycles. The summed E-state index contributed by atoms with van der Waals surface area (Å²) in [5.74, 6) is -1.84. The van der Waals surface area contributed by atoms with Crippen LogP contribution in [-0.4, -0.2) is 62.6 Å². The quantitative estimate of drug-likeness (QED) is 0.179. The lowest BCUT2D eigenvalue weighted by molar-refractivity contribution is -0.0655. The summed E-state index contributed by atoms with van der Waals surface area (Å²) >= 11 is 0. The van der Waals surface area contributed by atoms with E-state index in [0.717, 1.165) is 0 Å². The average molecular weight is 622 g/mol. The van der Waals surface area contributed by atoms with Crippen LogP contribution in [0.3, 0.4) is 0 Å². The molecule has 1 aliphatic rings. The molecule has 2 N–H and O–H groups in total. The van der Waals surface area contributed by atoms with Crippen molar-refractivity contribution in [1.29, 1.82) is 0 Å². The van der Waals surface area contributed by atoms with E-state index in [1.54, 1.807) is 91.0 Å². The maximum Gasteiger partial charge on any atom is 0.338 e. The van der Waals surface area contributed by atoms with Gasteiger partial charge in [0.1, 0.15) is 24.9 Å². The number of carbonyl (C=O) groups is 3. The molecule has 0 spiro atoms. The number of aromatic nitrogens is 4. The number of nitrogen functional groups attached to an aromatic ring is 1. The van der Waals surface area contributed by atoms with Gasteiger partial charge in [0.25, 0.3) is 0 Å². The van der Waals surface area contributed by atoms with Crippen molar-refractivity contribution < 1.29 is 33.3 Å². The van der Waals surface area contributed by atoms with Gasteiger partial charge >= 0.3 is 17.9 Å². The molecule has 3 aromatic carbocycles. The first-order valence-electron chi connectivity index (χ1n) is 14.7. The Morgan fingerprint density at radius 2 is 1.30 bits per heavy atom. The van der Waals surface area contributed by atoms with Gasteiger partial charge in [0, 0.05) is 0 Å². The van der Waals surface area contributed by atoms with E-state index in [2.05, 4.69) is 9.97 Å². The van der Waals surface area contributed by atoms with Crippen molar-refractivity contribution >= 4 is 34.8 Å². The zero-order valence-corrected chi connectivity index (χ0v) is 25.1. The minimum absolute atomic E-state index is 0.0851. The topological polar surface area (TPSA) is 158 Å². The van der Waals surface area contributed by atoms with Crippen LogP contribution in [0, 0.1) is 0 Å². The van der Waals surface area contributed by atoms with Crippen LogP contribution in [0.5, 0.6) is 0 Å². The second-order valence-electron chi connectivity index (χ2n) is 10.9. The van der Waals surface area contributed by atoms with Crippen molar-refractivity contribution in [3.05, 3.63) is 120 Å². The number of esters is 3. The third kappa shape index (κ3) is 6.15. The van der Waals surface area contributed by atoms with Crippen LogP contribution in [0.2, 0.25) is 0 Å². The van der Waals surface area contributed by atoms with Gasteiger partial charge in [0.2, 0.25) is 0 Å². The van der Waals surface area contributed by atoms with E-state index in [1.807, 2.05) is 13.8 Å². The number of carbonyl (C=O) groups excluding carboxylic acids is 3. The van der Waals surface area contributed by atoms with Crippen LogP contribution in [0.1, 0.15) is 62.8 Å².